The van der Waals surface area contributed by atoms with Gasteiger partial charge in [-0.05, 0) is 45.4 Å². The molecule has 1 aromatic carbocycles. The summed E-state index contributed by atoms with van der Waals surface area (Å²) in [5.41, 5.74) is -0.620. The van der Waals surface area contributed by atoms with Crippen LogP contribution in [0.15, 0.2) is 24.3 Å². The van der Waals surface area contributed by atoms with E-state index in [1.807, 2.05) is 0 Å². The molecule has 1 rings (SSSR count). The lowest BCUT2D eigenvalue weighted by Gasteiger charge is -2.19. The van der Waals surface area contributed by atoms with Crippen LogP contribution in [0.1, 0.15) is 43.6 Å². The molecule has 0 aliphatic heterocycles. The monoisotopic (exact) mass is 321 g/mol. The van der Waals surface area contributed by atoms with E-state index in [0.717, 1.165) is 12.1 Å². The van der Waals surface area contributed by atoms with E-state index < -0.39 is 22.5 Å². The predicted octanol–water partition coefficient (Wildman–Crippen LogP) is 3.13. The molecular formula is C16H19NO6. The van der Waals surface area contributed by atoms with E-state index >= 15 is 0 Å². The molecule has 7 heteroatoms. The van der Waals surface area contributed by atoms with Crippen LogP contribution in [-0.4, -0.2) is 29.1 Å². The zero-order chi connectivity index (χ0) is 17.6. The van der Waals surface area contributed by atoms with Crippen molar-refractivity contribution >= 4 is 23.7 Å². The largest absolute Gasteiger partial charge is 0.463 e. The smallest absolute Gasteiger partial charge is 0.338 e. The highest BCUT2D eigenvalue weighted by Gasteiger charge is 2.20. The zero-order valence-electron chi connectivity index (χ0n) is 13.5. The number of benzene rings is 1. The van der Waals surface area contributed by atoms with E-state index in [4.69, 9.17) is 9.47 Å². The van der Waals surface area contributed by atoms with Gasteiger partial charge in [-0.3, -0.25) is 10.1 Å². The first kappa shape index (κ1) is 18.3. The van der Waals surface area contributed by atoms with E-state index in [1.54, 1.807) is 27.7 Å². The fraction of sp³-hybridized carbons (Fsp3) is 0.375. The average molecular weight is 321 g/mol. The molecule has 7 nitrogen and oxygen atoms in total. The van der Waals surface area contributed by atoms with Gasteiger partial charge in [0, 0.05) is 18.2 Å². The molecular weight excluding hydrogens is 302 g/mol. The minimum atomic E-state index is -0.720. The Morgan fingerprint density at radius 1 is 1.26 bits per heavy atom. The van der Waals surface area contributed by atoms with Gasteiger partial charge in [0.1, 0.15) is 5.60 Å². The van der Waals surface area contributed by atoms with Crippen LogP contribution in [0.3, 0.4) is 0 Å². The predicted molar refractivity (Wildman–Crippen MR) is 83.9 cm³/mol. The topological polar surface area (TPSA) is 95.7 Å². The van der Waals surface area contributed by atoms with Gasteiger partial charge in [-0.15, -0.1) is 0 Å². The van der Waals surface area contributed by atoms with Crippen LogP contribution in [0, 0.1) is 10.1 Å². The fourth-order valence-electron chi connectivity index (χ4n) is 1.65. The number of ether oxygens (including phenoxy) is 2. The molecule has 1 aromatic rings. The van der Waals surface area contributed by atoms with Crippen molar-refractivity contribution < 1.29 is 24.0 Å². The Kier molecular flexibility index (Phi) is 6.01. The third kappa shape index (κ3) is 6.29. The SMILES string of the molecule is CCOC(=O)/C=C/c1cc(C(=O)OC(C)(C)C)cc([N+](=O)[O-])c1. The summed E-state index contributed by atoms with van der Waals surface area (Å²) in [7, 11) is 0. The number of carbonyl (C=O) groups excluding carboxylic acids is 2. The van der Waals surface area contributed by atoms with Crippen molar-refractivity contribution in [2.24, 2.45) is 0 Å². The van der Waals surface area contributed by atoms with Crippen LogP contribution in [0.5, 0.6) is 0 Å². The van der Waals surface area contributed by atoms with Crippen LogP contribution < -0.4 is 0 Å². The summed E-state index contributed by atoms with van der Waals surface area (Å²) in [6.45, 7) is 6.98. The molecule has 23 heavy (non-hydrogen) atoms. The van der Waals surface area contributed by atoms with Gasteiger partial charge < -0.3 is 9.47 Å². The molecule has 0 saturated carbocycles. The number of hydrogen-bond acceptors (Lipinski definition) is 6. The first-order valence-electron chi connectivity index (χ1n) is 7.00. The number of hydrogen-bond donors (Lipinski definition) is 0. The first-order valence-corrected chi connectivity index (χ1v) is 7.00. The fourth-order valence-corrected chi connectivity index (χ4v) is 1.65. The number of nitro benzene ring substituents is 1. The minimum absolute atomic E-state index is 0.0395. The molecule has 0 radical (unpaired) electrons. The molecule has 0 fully saturated rings. The Hall–Kier alpha value is -2.70. The van der Waals surface area contributed by atoms with Crippen LogP contribution >= 0.6 is 0 Å². The number of nitrogens with zero attached hydrogens (tertiary/aromatic N) is 1. The second-order valence-electron chi connectivity index (χ2n) is 5.66. The second-order valence-corrected chi connectivity index (χ2v) is 5.66. The molecule has 0 heterocycles. The molecule has 0 aliphatic rings. The van der Waals surface area contributed by atoms with Crippen LogP contribution in [0.2, 0.25) is 0 Å². The van der Waals surface area contributed by atoms with Crippen molar-refractivity contribution in [3.05, 3.63) is 45.5 Å². The Balaban J connectivity index is 3.15. The maximum absolute atomic E-state index is 12.1. The molecule has 0 unspecified atom stereocenters. The third-order valence-corrected chi connectivity index (χ3v) is 2.48. The number of rotatable bonds is 5. The van der Waals surface area contributed by atoms with Gasteiger partial charge in [0.25, 0.3) is 5.69 Å². The van der Waals surface area contributed by atoms with Crippen LogP contribution in [-0.2, 0) is 14.3 Å². The van der Waals surface area contributed by atoms with E-state index in [-0.39, 0.29) is 17.9 Å². The van der Waals surface area contributed by atoms with E-state index in [9.17, 15) is 19.7 Å². The Bertz CT molecular complexity index is 642. The highest BCUT2D eigenvalue weighted by Crippen LogP contribution is 2.21. The van der Waals surface area contributed by atoms with Crippen molar-refractivity contribution in [3.8, 4) is 0 Å². The molecule has 0 N–H and O–H groups in total. The van der Waals surface area contributed by atoms with Crippen molar-refractivity contribution in [1.29, 1.82) is 0 Å². The van der Waals surface area contributed by atoms with Crippen LogP contribution in [0.25, 0.3) is 6.08 Å². The van der Waals surface area contributed by atoms with E-state index in [2.05, 4.69) is 0 Å². The highest BCUT2D eigenvalue weighted by atomic mass is 16.6. The van der Waals surface area contributed by atoms with Crippen molar-refractivity contribution in [1.82, 2.24) is 0 Å². The standard InChI is InChI=1S/C16H19NO6/c1-5-22-14(18)7-6-11-8-12(10-13(9-11)17(20)21)15(19)23-16(2,3)4/h6-10H,5H2,1-4H3/b7-6+. The van der Waals surface area contributed by atoms with Crippen LogP contribution in [0.4, 0.5) is 5.69 Å². The number of carbonyl (C=O) groups is 2. The number of nitro groups is 1. The molecule has 0 saturated heterocycles. The first-order chi connectivity index (χ1) is 10.6. The summed E-state index contributed by atoms with van der Waals surface area (Å²) in [5.74, 6) is -1.25. The highest BCUT2D eigenvalue weighted by molar-refractivity contribution is 5.92. The van der Waals surface area contributed by atoms with Gasteiger partial charge in [-0.25, -0.2) is 9.59 Å². The van der Waals surface area contributed by atoms with Crippen molar-refractivity contribution in [2.75, 3.05) is 6.61 Å². The van der Waals surface area contributed by atoms with Crippen molar-refractivity contribution in [3.63, 3.8) is 0 Å². The lowest BCUT2D eigenvalue weighted by Crippen LogP contribution is -2.24. The summed E-state index contributed by atoms with van der Waals surface area (Å²) < 4.78 is 9.93. The minimum Gasteiger partial charge on any atom is -0.463 e. The maximum atomic E-state index is 12.1. The van der Waals surface area contributed by atoms with Gasteiger partial charge in [-0.1, -0.05) is 0 Å². The molecule has 0 aromatic heterocycles. The quantitative estimate of drug-likeness (QED) is 0.358. The Morgan fingerprint density at radius 2 is 1.91 bits per heavy atom. The van der Waals surface area contributed by atoms with E-state index in [0.29, 0.717) is 5.56 Å². The lowest BCUT2D eigenvalue weighted by atomic mass is 10.1. The summed E-state index contributed by atoms with van der Waals surface area (Å²) in [4.78, 5) is 33.8. The Labute approximate surface area is 134 Å². The summed E-state index contributed by atoms with van der Waals surface area (Å²) in [6, 6.07) is 3.80. The average Bonchev–Trinajstić information content (AvgIpc) is 2.43. The molecule has 0 amide bonds. The van der Waals surface area contributed by atoms with Gasteiger partial charge >= 0.3 is 11.9 Å². The molecule has 0 aliphatic carbocycles. The van der Waals surface area contributed by atoms with Crippen molar-refractivity contribution in [2.45, 2.75) is 33.3 Å². The Morgan fingerprint density at radius 3 is 2.43 bits per heavy atom. The molecule has 124 valence electrons. The van der Waals surface area contributed by atoms with Gasteiger partial charge in [0.15, 0.2) is 0 Å². The molecule has 0 atom stereocenters. The number of non-ortho nitro benzene ring substituents is 1. The molecule has 0 bridgehead atoms. The zero-order valence-corrected chi connectivity index (χ0v) is 13.5. The lowest BCUT2D eigenvalue weighted by molar-refractivity contribution is -0.384. The molecule has 0 spiro atoms. The second kappa shape index (κ2) is 7.53. The van der Waals surface area contributed by atoms with Gasteiger partial charge in [0.2, 0.25) is 0 Å². The summed E-state index contributed by atoms with van der Waals surface area (Å²) in [5, 5.41) is 11.0. The number of esters is 2. The van der Waals surface area contributed by atoms with Gasteiger partial charge in [-0.2, -0.15) is 0 Å². The summed E-state index contributed by atoms with van der Waals surface area (Å²) in [6.07, 6.45) is 2.49. The maximum Gasteiger partial charge on any atom is 0.338 e. The van der Waals surface area contributed by atoms with Gasteiger partial charge in [0.05, 0.1) is 17.1 Å². The normalized spacial score (nSPS) is 11.3. The van der Waals surface area contributed by atoms with E-state index in [1.165, 1.54) is 18.2 Å². The summed E-state index contributed by atoms with van der Waals surface area (Å²) >= 11 is 0. The third-order valence-electron chi connectivity index (χ3n) is 2.48.